The number of unbranched alkanes of at least 4 members (excludes halogenated alkanes) is 10. The quantitative estimate of drug-likeness (QED) is 0.287. The minimum atomic E-state index is -4.43. The third kappa shape index (κ3) is 8.96. The van der Waals surface area contributed by atoms with Gasteiger partial charge in [0.1, 0.15) is 10.1 Å². The molecule has 2 rings (SSSR count). The van der Waals surface area contributed by atoms with Crippen LogP contribution in [-0.4, -0.2) is 13.0 Å². The molecule has 0 unspecified atom stereocenters. The van der Waals surface area contributed by atoms with E-state index in [0.29, 0.717) is 5.39 Å². The zero-order chi connectivity index (χ0) is 19.5. The fraction of sp³-hybridized carbons (Fsp3) is 0.565. The summed E-state index contributed by atoms with van der Waals surface area (Å²) in [4.78, 5) is -0.124. The molecule has 0 aliphatic rings. The van der Waals surface area contributed by atoms with Gasteiger partial charge in [-0.3, -0.25) is 0 Å². The van der Waals surface area contributed by atoms with E-state index in [4.69, 9.17) is 0 Å². The fourth-order valence-corrected chi connectivity index (χ4v) is 4.37. The van der Waals surface area contributed by atoms with E-state index < -0.39 is 10.1 Å². The van der Waals surface area contributed by atoms with Gasteiger partial charge >= 0.3 is 29.6 Å². The summed E-state index contributed by atoms with van der Waals surface area (Å²) < 4.78 is 34.1. The fourth-order valence-electron chi connectivity index (χ4n) is 3.67. The topological polar surface area (TPSA) is 57.2 Å². The Kier molecular flexibility index (Phi) is 12.6. The molecule has 28 heavy (non-hydrogen) atoms. The number of fused-ring (bicyclic) bond motifs is 1. The van der Waals surface area contributed by atoms with Gasteiger partial charge in [0.25, 0.3) is 0 Å². The maximum absolute atomic E-state index is 11.4. The van der Waals surface area contributed by atoms with Crippen molar-refractivity contribution < 1.29 is 42.5 Å². The molecule has 0 spiro atoms. The van der Waals surface area contributed by atoms with Crippen molar-refractivity contribution in [3.8, 4) is 0 Å². The van der Waals surface area contributed by atoms with E-state index in [1.807, 2.05) is 18.2 Å². The second-order valence-corrected chi connectivity index (χ2v) is 8.90. The van der Waals surface area contributed by atoms with Crippen LogP contribution in [0, 0.1) is 0 Å². The van der Waals surface area contributed by atoms with Crippen molar-refractivity contribution in [1.29, 1.82) is 0 Å². The van der Waals surface area contributed by atoms with E-state index in [1.165, 1.54) is 75.8 Å². The van der Waals surface area contributed by atoms with Gasteiger partial charge in [0.15, 0.2) is 0 Å². The maximum Gasteiger partial charge on any atom is 1.00 e. The first-order valence-electron chi connectivity index (χ1n) is 10.5. The van der Waals surface area contributed by atoms with Gasteiger partial charge in [-0.05, 0) is 35.2 Å². The van der Waals surface area contributed by atoms with Crippen LogP contribution in [0.15, 0.2) is 41.3 Å². The van der Waals surface area contributed by atoms with E-state index in [2.05, 4.69) is 6.92 Å². The van der Waals surface area contributed by atoms with Gasteiger partial charge in [0.05, 0.1) is 4.90 Å². The summed E-state index contributed by atoms with van der Waals surface area (Å²) >= 11 is 0. The Balaban J connectivity index is 0.00000392. The predicted molar refractivity (Wildman–Crippen MR) is 112 cm³/mol. The summed E-state index contributed by atoms with van der Waals surface area (Å²) in [6.45, 7) is 2.26. The van der Waals surface area contributed by atoms with Crippen molar-refractivity contribution >= 4 is 20.9 Å². The van der Waals surface area contributed by atoms with Crippen LogP contribution >= 0.6 is 0 Å². The molecule has 0 heterocycles. The Morgan fingerprint density at radius 3 is 1.93 bits per heavy atom. The summed E-state index contributed by atoms with van der Waals surface area (Å²) in [5.41, 5.74) is 1.21. The van der Waals surface area contributed by atoms with E-state index in [1.54, 1.807) is 12.1 Å². The first-order chi connectivity index (χ1) is 13.0. The van der Waals surface area contributed by atoms with Crippen molar-refractivity contribution in [2.75, 3.05) is 0 Å². The van der Waals surface area contributed by atoms with Gasteiger partial charge in [0.2, 0.25) is 0 Å². The second-order valence-electron chi connectivity index (χ2n) is 7.55. The summed E-state index contributed by atoms with van der Waals surface area (Å²) in [5.74, 6) is 0. The van der Waals surface area contributed by atoms with Crippen LogP contribution in [0.3, 0.4) is 0 Å². The van der Waals surface area contributed by atoms with Crippen LogP contribution in [0.2, 0.25) is 0 Å². The van der Waals surface area contributed by atoms with E-state index in [9.17, 15) is 13.0 Å². The van der Waals surface area contributed by atoms with Crippen LogP contribution in [0.1, 0.15) is 83.1 Å². The smallest absolute Gasteiger partial charge is 0.744 e. The van der Waals surface area contributed by atoms with Crippen LogP contribution in [-0.2, 0) is 16.5 Å². The summed E-state index contributed by atoms with van der Waals surface area (Å²) in [6.07, 6.45) is 15.6. The SMILES string of the molecule is CCCCCCCCCCCCCc1ccc2c(S(=O)(=O)[O-])cccc2c1.[Na+]. The monoisotopic (exact) mass is 412 g/mol. The molecular formula is C23H33NaO3S. The predicted octanol–water partition coefficient (Wildman–Crippen LogP) is 3.60. The summed E-state index contributed by atoms with van der Waals surface area (Å²) in [6, 6.07) is 10.6. The van der Waals surface area contributed by atoms with Crippen molar-refractivity contribution in [3.63, 3.8) is 0 Å². The van der Waals surface area contributed by atoms with Gasteiger partial charge in [0, 0.05) is 0 Å². The van der Waals surface area contributed by atoms with Crippen molar-refractivity contribution in [1.82, 2.24) is 0 Å². The van der Waals surface area contributed by atoms with Crippen LogP contribution in [0.25, 0.3) is 10.8 Å². The molecule has 0 amide bonds. The molecular weight excluding hydrogens is 379 g/mol. The Morgan fingerprint density at radius 2 is 1.36 bits per heavy atom. The van der Waals surface area contributed by atoms with E-state index >= 15 is 0 Å². The zero-order valence-corrected chi connectivity index (χ0v) is 20.4. The Bertz CT molecular complexity index is 803. The molecule has 2 aromatic carbocycles. The van der Waals surface area contributed by atoms with Gasteiger partial charge in [-0.25, -0.2) is 8.42 Å². The molecule has 2 aromatic rings. The number of aryl methyl sites for hydroxylation is 1. The minimum Gasteiger partial charge on any atom is -0.744 e. The third-order valence-corrected chi connectivity index (χ3v) is 6.14. The normalized spacial score (nSPS) is 11.5. The van der Waals surface area contributed by atoms with Crippen molar-refractivity contribution in [3.05, 3.63) is 42.0 Å². The minimum absolute atomic E-state index is 0. The van der Waals surface area contributed by atoms with E-state index in [-0.39, 0.29) is 34.5 Å². The Labute approximate surface area is 193 Å². The third-order valence-electron chi connectivity index (χ3n) is 5.24. The molecule has 0 N–H and O–H groups in total. The number of rotatable bonds is 13. The summed E-state index contributed by atoms with van der Waals surface area (Å²) in [7, 11) is -4.43. The van der Waals surface area contributed by atoms with Crippen molar-refractivity contribution in [2.24, 2.45) is 0 Å². The maximum atomic E-state index is 11.4. The largest absolute Gasteiger partial charge is 1.00 e. The Hall–Kier alpha value is -0.390. The number of hydrogen-bond donors (Lipinski definition) is 0. The van der Waals surface area contributed by atoms with Crippen LogP contribution < -0.4 is 29.6 Å². The number of hydrogen-bond acceptors (Lipinski definition) is 3. The zero-order valence-electron chi connectivity index (χ0n) is 17.6. The average Bonchev–Trinajstić information content (AvgIpc) is 2.64. The Morgan fingerprint density at radius 1 is 0.786 bits per heavy atom. The molecule has 0 aliphatic heterocycles. The van der Waals surface area contributed by atoms with Crippen molar-refractivity contribution in [2.45, 2.75) is 88.9 Å². The molecule has 0 radical (unpaired) electrons. The molecule has 150 valence electrons. The molecule has 0 saturated heterocycles. The molecule has 5 heteroatoms. The first-order valence-corrected chi connectivity index (χ1v) is 11.9. The van der Waals surface area contributed by atoms with Crippen LogP contribution in [0.5, 0.6) is 0 Å². The molecule has 0 aliphatic carbocycles. The van der Waals surface area contributed by atoms with Gasteiger partial charge in [-0.1, -0.05) is 101 Å². The van der Waals surface area contributed by atoms with E-state index in [0.717, 1.165) is 18.2 Å². The molecule has 0 aromatic heterocycles. The molecule has 0 saturated carbocycles. The second kappa shape index (κ2) is 13.8. The number of benzene rings is 2. The van der Waals surface area contributed by atoms with Gasteiger partial charge in [-0.15, -0.1) is 0 Å². The van der Waals surface area contributed by atoms with Crippen LogP contribution in [0.4, 0.5) is 0 Å². The molecule has 0 atom stereocenters. The molecule has 0 bridgehead atoms. The van der Waals surface area contributed by atoms with Gasteiger partial charge < -0.3 is 4.55 Å². The summed E-state index contributed by atoms with van der Waals surface area (Å²) in [5, 5.41) is 1.35. The average molecular weight is 413 g/mol. The first kappa shape index (κ1) is 25.6. The van der Waals surface area contributed by atoms with Gasteiger partial charge in [-0.2, -0.15) is 0 Å². The molecule has 0 fully saturated rings. The standard InChI is InChI=1S/C23H34O3S.Na/c1-2-3-4-5-6-7-8-9-10-11-12-14-20-17-18-22-21(19-20)15-13-16-23(22)27(24,25)26;/h13,15-19H,2-12,14H2,1H3,(H,24,25,26);/q;+1/p-1. The molecule has 3 nitrogen and oxygen atoms in total.